The summed E-state index contributed by atoms with van der Waals surface area (Å²) in [6.07, 6.45) is -5.87. The molecule has 0 saturated carbocycles. The summed E-state index contributed by atoms with van der Waals surface area (Å²) in [5.41, 5.74) is -0.346. The van der Waals surface area contributed by atoms with Crippen LogP contribution in [0.25, 0.3) is 10.8 Å². The third-order valence-electron chi connectivity index (χ3n) is 6.51. The van der Waals surface area contributed by atoms with Crippen LogP contribution in [0.4, 0.5) is 24.7 Å². The summed E-state index contributed by atoms with van der Waals surface area (Å²) in [6.45, 7) is 0.818. The van der Waals surface area contributed by atoms with E-state index in [9.17, 15) is 34.8 Å². The number of benzene rings is 3. The Kier molecular flexibility index (Phi) is 9.89. The van der Waals surface area contributed by atoms with Crippen LogP contribution in [0.5, 0.6) is 5.75 Å². The molecule has 16 heteroatoms. The lowest BCUT2D eigenvalue weighted by Gasteiger charge is -2.24. The molecule has 3 aromatic carbocycles. The predicted molar refractivity (Wildman–Crippen MR) is 159 cm³/mol. The van der Waals surface area contributed by atoms with Gasteiger partial charge in [-0.15, -0.1) is 0 Å². The Bertz CT molecular complexity index is 1890. The number of esters is 1. The van der Waals surface area contributed by atoms with Gasteiger partial charge in [0.15, 0.2) is 11.9 Å². The van der Waals surface area contributed by atoms with E-state index < -0.39 is 44.8 Å². The zero-order valence-electron chi connectivity index (χ0n) is 24.1. The van der Waals surface area contributed by atoms with Gasteiger partial charge in [0.2, 0.25) is 0 Å². The van der Waals surface area contributed by atoms with Crippen LogP contribution < -0.4 is 13.8 Å². The van der Waals surface area contributed by atoms with Crippen LogP contribution in [0.2, 0.25) is 0 Å². The molecule has 0 amide bonds. The number of anilines is 2. The maximum absolute atomic E-state index is 13.8. The summed E-state index contributed by atoms with van der Waals surface area (Å²) in [4.78, 5) is 16.3. The first kappa shape index (κ1) is 33.5. The lowest BCUT2D eigenvalue weighted by atomic mass is 10.1. The van der Waals surface area contributed by atoms with Crippen molar-refractivity contribution in [1.29, 1.82) is 0 Å². The van der Waals surface area contributed by atoms with Gasteiger partial charge in [-0.05, 0) is 48.9 Å². The SMILES string of the molecule is CCOC(=O)CN(c1ncc(NS(=O)(=O)c2ccc(C(OC)C(F)(F)F)cc2)c2ccccc12)S(=O)(=O)c1ccc(OC)cc1. The number of halogens is 3. The highest BCUT2D eigenvalue weighted by molar-refractivity contribution is 7.93. The lowest BCUT2D eigenvalue weighted by molar-refractivity contribution is -0.216. The molecule has 0 radical (unpaired) electrons. The van der Waals surface area contributed by atoms with E-state index in [1.807, 2.05) is 0 Å². The molecule has 1 heterocycles. The molecular weight excluding hydrogens is 639 g/mol. The molecule has 0 fully saturated rings. The van der Waals surface area contributed by atoms with Crippen LogP contribution in [0.3, 0.4) is 0 Å². The Morgan fingerprint density at radius 3 is 2.07 bits per heavy atom. The average Bonchev–Trinajstić information content (AvgIpc) is 3.00. The van der Waals surface area contributed by atoms with Crippen LogP contribution in [-0.4, -0.2) is 61.3 Å². The van der Waals surface area contributed by atoms with Gasteiger partial charge in [-0.1, -0.05) is 36.4 Å². The van der Waals surface area contributed by atoms with E-state index in [1.165, 1.54) is 43.5 Å². The van der Waals surface area contributed by atoms with Crippen molar-refractivity contribution < 1.29 is 49.0 Å². The van der Waals surface area contributed by atoms with E-state index in [-0.39, 0.29) is 44.2 Å². The lowest BCUT2D eigenvalue weighted by Crippen LogP contribution is -2.37. The molecule has 0 aliphatic rings. The molecule has 0 bridgehead atoms. The number of nitrogens with zero attached hydrogens (tertiary/aromatic N) is 2. The van der Waals surface area contributed by atoms with Crippen molar-refractivity contribution in [3.05, 3.63) is 84.6 Å². The van der Waals surface area contributed by atoms with Crippen molar-refractivity contribution in [3.63, 3.8) is 0 Å². The number of pyridine rings is 1. The molecule has 0 saturated heterocycles. The minimum Gasteiger partial charge on any atom is -0.497 e. The number of rotatable bonds is 12. The highest BCUT2D eigenvalue weighted by Gasteiger charge is 2.41. The summed E-state index contributed by atoms with van der Waals surface area (Å²) in [5, 5.41) is 0.389. The van der Waals surface area contributed by atoms with E-state index in [4.69, 9.17) is 9.47 Å². The third kappa shape index (κ3) is 7.29. The summed E-state index contributed by atoms with van der Waals surface area (Å²) in [6, 6.07) is 15.6. The number of sulfonamides is 2. The van der Waals surface area contributed by atoms with Gasteiger partial charge in [-0.25, -0.2) is 26.1 Å². The van der Waals surface area contributed by atoms with Gasteiger partial charge in [0.05, 0.1) is 35.4 Å². The van der Waals surface area contributed by atoms with Crippen LogP contribution in [0.1, 0.15) is 18.6 Å². The molecular formula is C29H28F3N3O8S2. The minimum atomic E-state index is -4.71. The van der Waals surface area contributed by atoms with Gasteiger partial charge in [-0.2, -0.15) is 13.2 Å². The Balaban J connectivity index is 1.76. The fraction of sp³-hybridized carbons (Fsp3) is 0.241. The van der Waals surface area contributed by atoms with Crippen molar-refractivity contribution in [2.45, 2.75) is 29.0 Å². The molecule has 1 N–H and O–H groups in total. The van der Waals surface area contributed by atoms with Gasteiger partial charge in [0.25, 0.3) is 20.0 Å². The molecule has 240 valence electrons. The number of aromatic nitrogens is 1. The normalized spacial score (nSPS) is 12.8. The minimum absolute atomic E-state index is 0.00649. The van der Waals surface area contributed by atoms with Crippen molar-refractivity contribution in [1.82, 2.24) is 4.98 Å². The van der Waals surface area contributed by atoms with Crippen molar-refractivity contribution in [3.8, 4) is 5.75 Å². The second-order valence-electron chi connectivity index (χ2n) is 9.37. The van der Waals surface area contributed by atoms with Gasteiger partial charge < -0.3 is 14.2 Å². The smallest absolute Gasteiger partial charge is 0.418 e. The molecule has 0 aliphatic heterocycles. The number of alkyl halides is 3. The van der Waals surface area contributed by atoms with Crippen LogP contribution in [-0.2, 0) is 34.3 Å². The van der Waals surface area contributed by atoms with Crippen LogP contribution >= 0.6 is 0 Å². The highest BCUT2D eigenvalue weighted by Crippen LogP contribution is 2.37. The first-order valence-electron chi connectivity index (χ1n) is 13.2. The van der Waals surface area contributed by atoms with Gasteiger partial charge >= 0.3 is 12.1 Å². The zero-order valence-corrected chi connectivity index (χ0v) is 25.7. The molecule has 0 spiro atoms. The Labute approximate surface area is 257 Å². The quantitative estimate of drug-likeness (QED) is 0.206. The summed E-state index contributed by atoms with van der Waals surface area (Å²) >= 11 is 0. The number of fused-ring (bicyclic) bond motifs is 1. The first-order chi connectivity index (χ1) is 21.2. The number of carbonyl (C=O) groups is 1. The molecule has 11 nitrogen and oxygen atoms in total. The number of ether oxygens (including phenoxy) is 3. The monoisotopic (exact) mass is 667 g/mol. The van der Waals surface area contributed by atoms with Crippen molar-refractivity contribution >= 4 is 48.3 Å². The van der Waals surface area contributed by atoms with Crippen molar-refractivity contribution in [2.24, 2.45) is 0 Å². The largest absolute Gasteiger partial charge is 0.497 e. The van der Waals surface area contributed by atoms with Crippen LogP contribution in [0.15, 0.2) is 88.8 Å². The fourth-order valence-corrected chi connectivity index (χ4v) is 6.86. The van der Waals surface area contributed by atoms with Crippen LogP contribution in [0, 0.1) is 0 Å². The van der Waals surface area contributed by atoms with Gasteiger partial charge in [0, 0.05) is 17.9 Å². The highest BCUT2D eigenvalue weighted by atomic mass is 32.2. The molecule has 1 atom stereocenters. The fourth-order valence-electron chi connectivity index (χ4n) is 4.41. The van der Waals surface area contributed by atoms with E-state index >= 15 is 0 Å². The van der Waals surface area contributed by atoms with E-state index in [1.54, 1.807) is 19.1 Å². The summed E-state index contributed by atoms with van der Waals surface area (Å²) in [7, 11) is -6.46. The van der Waals surface area contributed by atoms with E-state index in [2.05, 4.69) is 14.4 Å². The van der Waals surface area contributed by atoms with E-state index in [0.717, 1.165) is 41.9 Å². The molecule has 4 aromatic rings. The van der Waals surface area contributed by atoms with Crippen molar-refractivity contribution in [2.75, 3.05) is 36.4 Å². The molecule has 1 aromatic heterocycles. The molecule has 0 aliphatic carbocycles. The maximum Gasteiger partial charge on any atom is 0.418 e. The maximum atomic E-state index is 13.8. The standard InChI is InChI=1S/C29H28F3N3O8S2/c1-4-43-26(36)18-35(45(39,40)22-15-11-20(41-2)12-16-22)28-24-8-6-5-7-23(24)25(17-33-28)34-44(37,38)21-13-9-19(10-14-21)27(42-3)29(30,31)32/h5-17,27,34H,4,18H2,1-3H3. The zero-order chi connectivity index (χ0) is 33.0. The number of nitrogens with one attached hydrogen (secondary N) is 1. The summed E-state index contributed by atoms with van der Waals surface area (Å²) < 4.78 is 112. The number of hydrogen-bond donors (Lipinski definition) is 1. The second-order valence-corrected chi connectivity index (χ2v) is 12.9. The van der Waals surface area contributed by atoms with Gasteiger partial charge in [-0.3, -0.25) is 9.52 Å². The summed E-state index contributed by atoms with van der Waals surface area (Å²) in [5.74, 6) is -0.630. The molecule has 1 unspecified atom stereocenters. The molecule has 4 rings (SSSR count). The second kappa shape index (κ2) is 13.3. The number of carbonyl (C=O) groups excluding carboxylic acids is 1. The predicted octanol–water partition coefficient (Wildman–Crippen LogP) is 5.05. The Morgan fingerprint density at radius 2 is 1.51 bits per heavy atom. The Morgan fingerprint density at radius 1 is 0.911 bits per heavy atom. The van der Waals surface area contributed by atoms with E-state index in [0.29, 0.717) is 5.75 Å². The number of methoxy groups -OCH3 is 2. The third-order valence-corrected chi connectivity index (χ3v) is 9.64. The topological polar surface area (TPSA) is 141 Å². The van der Waals surface area contributed by atoms with Gasteiger partial charge in [0.1, 0.15) is 12.3 Å². The first-order valence-corrected chi connectivity index (χ1v) is 16.1. The number of hydrogen-bond acceptors (Lipinski definition) is 9. The average molecular weight is 668 g/mol. The Hall–Kier alpha value is -4.41. The molecule has 45 heavy (non-hydrogen) atoms.